The number of benzene rings is 2. The summed E-state index contributed by atoms with van der Waals surface area (Å²) in [6.07, 6.45) is 0.984. The average molecular weight is 300 g/mol. The Hall–Kier alpha value is -2.53. The lowest BCUT2D eigenvalue weighted by atomic mass is 10.1. The van der Waals surface area contributed by atoms with Crippen LogP contribution in [0.1, 0.15) is 17.2 Å². The summed E-state index contributed by atoms with van der Waals surface area (Å²) in [4.78, 5) is 4.25. The number of hydrogen-bond donors (Lipinski definition) is 2. The van der Waals surface area contributed by atoms with Crippen molar-refractivity contribution in [1.82, 2.24) is 0 Å². The molecule has 0 fully saturated rings. The number of nitrogen functional groups attached to an aromatic ring is 1. The standard InChI is InChI=1S/C17H20N2O3/c1-21-16-7-6-13(9-17(16)22-2)15(20)11-19-10-12-4-3-5-14(18)8-12/h3-10,15,20H,11,18H2,1-2H3. The zero-order chi connectivity index (χ0) is 15.9. The number of nitrogens with zero attached hydrogens (tertiary/aromatic N) is 1. The zero-order valence-electron chi connectivity index (χ0n) is 12.7. The molecule has 3 N–H and O–H groups in total. The van der Waals surface area contributed by atoms with Gasteiger partial charge in [-0.2, -0.15) is 0 Å². The highest BCUT2D eigenvalue weighted by atomic mass is 16.5. The number of anilines is 1. The molecule has 0 spiro atoms. The third-order valence-corrected chi connectivity index (χ3v) is 3.22. The molecule has 2 aromatic rings. The fraction of sp³-hybridized carbons (Fsp3) is 0.235. The number of aliphatic imine (C=N–C) groups is 1. The van der Waals surface area contributed by atoms with E-state index in [4.69, 9.17) is 15.2 Å². The molecule has 5 nitrogen and oxygen atoms in total. The lowest BCUT2D eigenvalue weighted by Gasteiger charge is -2.12. The normalized spacial score (nSPS) is 12.3. The second-order valence-electron chi connectivity index (χ2n) is 4.79. The minimum Gasteiger partial charge on any atom is -0.493 e. The third kappa shape index (κ3) is 3.99. The molecule has 1 atom stereocenters. The lowest BCUT2D eigenvalue weighted by Crippen LogP contribution is -2.03. The largest absolute Gasteiger partial charge is 0.493 e. The van der Waals surface area contributed by atoms with E-state index in [0.717, 1.165) is 11.1 Å². The summed E-state index contributed by atoms with van der Waals surface area (Å²) in [6, 6.07) is 12.7. The Morgan fingerprint density at radius 3 is 2.59 bits per heavy atom. The van der Waals surface area contributed by atoms with Gasteiger partial charge in [-0.3, -0.25) is 4.99 Å². The summed E-state index contributed by atoms with van der Waals surface area (Å²) in [5.74, 6) is 1.21. The minimum absolute atomic E-state index is 0.254. The maximum absolute atomic E-state index is 10.2. The van der Waals surface area contributed by atoms with Gasteiger partial charge in [-0.1, -0.05) is 18.2 Å². The molecule has 0 aliphatic rings. The molecule has 0 saturated heterocycles. The predicted octanol–water partition coefficient (Wildman–Crippen LogP) is 2.44. The van der Waals surface area contributed by atoms with E-state index in [9.17, 15) is 5.11 Å². The van der Waals surface area contributed by atoms with E-state index in [1.807, 2.05) is 24.3 Å². The monoisotopic (exact) mass is 300 g/mol. The van der Waals surface area contributed by atoms with Crippen LogP contribution in [-0.4, -0.2) is 32.1 Å². The fourth-order valence-electron chi connectivity index (χ4n) is 2.06. The van der Waals surface area contributed by atoms with Gasteiger partial charge in [-0.15, -0.1) is 0 Å². The van der Waals surface area contributed by atoms with Crippen LogP contribution in [0.25, 0.3) is 0 Å². The Morgan fingerprint density at radius 2 is 1.91 bits per heavy atom. The van der Waals surface area contributed by atoms with Crippen LogP contribution in [0.2, 0.25) is 0 Å². The van der Waals surface area contributed by atoms with Crippen molar-refractivity contribution in [3.8, 4) is 11.5 Å². The Bertz CT molecular complexity index is 656. The van der Waals surface area contributed by atoms with Crippen LogP contribution >= 0.6 is 0 Å². The first-order chi connectivity index (χ1) is 10.6. The van der Waals surface area contributed by atoms with Gasteiger partial charge in [0.25, 0.3) is 0 Å². The number of rotatable bonds is 6. The first-order valence-corrected chi connectivity index (χ1v) is 6.89. The maximum Gasteiger partial charge on any atom is 0.161 e. The van der Waals surface area contributed by atoms with Gasteiger partial charge in [0.1, 0.15) is 0 Å². The second kappa shape index (κ2) is 7.47. The van der Waals surface area contributed by atoms with Gasteiger partial charge in [-0.05, 0) is 35.4 Å². The number of ether oxygens (including phenoxy) is 2. The molecule has 0 amide bonds. The van der Waals surface area contributed by atoms with E-state index in [2.05, 4.69) is 4.99 Å². The second-order valence-corrected chi connectivity index (χ2v) is 4.79. The molecule has 2 rings (SSSR count). The van der Waals surface area contributed by atoms with Crippen LogP contribution in [0, 0.1) is 0 Å². The molecule has 0 saturated carbocycles. The number of aliphatic hydroxyl groups is 1. The number of nitrogens with two attached hydrogens (primary N) is 1. The molecular weight excluding hydrogens is 280 g/mol. The summed E-state index contributed by atoms with van der Waals surface area (Å²) >= 11 is 0. The van der Waals surface area contributed by atoms with Crippen LogP contribution in [0.3, 0.4) is 0 Å². The van der Waals surface area contributed by atoms with Gasteiger partial charge in [-0.25, -0.2) is 0 Å². The molecule has 0 bridgehead atoms. The Morgan fingerprint density at radius 1 is 1.14 bits per heavy atom. The van der Waals surface area contributed by atoms with Crippen molar-refractivity contribution in [3.63, 3.8) is 0 Å². The van der Waals surface area contributed by atoms with E-state index in [1.165, 1.54) is 0 Å². The summed E-state index contributed by atoms with van der Waals surface area (Å²) in [7, 11) is 3.13. The molecule has 0 heterocycles. The van der Waals surface area contributed by atoms with Crippen LogP contribution in [0.5, 0.6) is 11.5 Å². The highest BCUT2D eigenvalue weighted by Crippen LogP contribution is 2.29. The molecule has 5 heteroatoms. The van der Waals surface area contributed by atoms with Crippen molar-refractivity contribution in [2.45, 2.75) is 6.10 Å². The van der Waals surface area contributed by atoms with Gasteiger partial charge < -0.3 is 20.3 Å². The Labute approximate surface area is 130 Å². The quantitative estimate of drug-likeness (QED) is 0.634. The van der Waals surface area contributed by atoms with Gasteiger partial charge >= 0.3 is 0 Å². The zero-order valence-corrected chi connectivity index (χ0v) is 12.7. The van der Waals surface area contributed by atoms with Gasteiger partial charge in [0, 0.05) is 11.9 Å². The van der Waals surface area contributed by atoms with Crippen molar-refractivity contribution < 1.29 is 14.6 Å². The smallest absolute Gasteiger partial charge is 0.161 e. The molecule has 22 heavy (non-hydrogen) atoms. The maximum atomic E-state index is 10.2. The summed E-state index contributed by atoms with van der Waals surface area (Å²) in [6.45, 7) is 0.254. The number of hydrogen-bond acceptors (Lipinski definition) is 5. The highest BCUT2D eigenvalue weighted by Gasteiger charge is 2.10. The van der Waals surface area contributed by atoms with Crippen LogP contribution in [0.4, 0.5) is 5.69 Å². The van der Waals surface area contributed by atoms with Crippen molar-refractivity contribution >= 4 is 11.9 Å². The van der Waals surface area contributed by atoms with Crippen molar-refractivity contribution in [3.05, 3.63) is 53.6 Å². The third-order valence-electron chi connectivity index (χ3n) is 3.22. The van der Waals surface area contributed by atoms with Crippen LogP contribution < -0.4 is 15.2 Å². The van der Waals surface area contributed by atoms with Gasteiger partial charge in [0.05, 0.1) is 26.9 Å². The first kappa shape index (κ1) is 15.9. The Balaban J connectivity index is 2.04. The van der Waals surface area contributed by atoms with E-state index < -0.39 is 6.10 Å². The fourth-order valence-corrected chi connectivity index (χ4v) is 2.06. The molecule has 116 valence electrons. The average Bonchev–Trinajstić information content (AvgIpc) is 2.54. The number of methoxy groups -OCH3 is 2. The first-order valence-electron chi connectivity index (χ1n) is 6.89. The molecule has 1 unspecified atom stereocenters. The number of aliphatic hydroxyl groups excluding tert-OH is 1. The molecular formula is C17H20N2O3. The molecule has 0 aliphatic heterocycles. The van der Waals surface area contributed by atoms with E-state index in [0.29, 0.717) is 17.2 Å². The van der Waals surface area contributed by atoms with E-state index in [-0.39, 0.29) is 6.54 Å². The molecule has 2 aromatic carbocycles. The van der Waals surface area contributed by atoms with E-state index in [1.54, 1.807) is 38.6 Å². The van der Waals surface area contributed by atoms with Gasteiger partial charge in [0.15, 0.2) is 11.5 Å². The van der Waals surface area contributed by atoms with Crippen molar-refractivity contribution in [2.24, 2.45) is 4.99 Å². The highest BCUT2D eigenvalue weighted by molar-refractivity contribution is 5.81. The SMILES string of the molecule is COc1ccc(C(O)CN=Cc2cccc(N)c2)cc1OC. The Kier molecular flexibility index (Phi) is 5.38. The van der Waals surface area contributed by atoms with Crippen LogP contribution in [-0.2, 0) is 0 Å². The molecule has 0 radical (unpaired) electrons. The van der Waals surface area contributed by atoms with Crippen molar-refractivity contribution in [1.29, 1.82) is 0 Å². The predicted molar refractivity (Wildman–Crippen MR) is 87.8 cm³/mol. The minimum atomic E-state index is -0.711. The summed E-state index contributed by atoms with van der Waals surface area (Å²) in [5.41, 5.74) is 8.02. The van der Waals surface area contributed by atoms with Crippen LogP contribution in [0.15, 0.2) is 47.5 Å². The van der Waals surface area contributed by atoms with Crippen molar-refractivity contribution in [2.75, 3.05) is 26.5 Å². The molecule has 0 aromatic heterocycles. The molecule has 0 aliphatic carbocycles. The topological polar surface area (TPSA) is 77.1 Å². The summed E-state index contributed by atoms with van der Waals surface area (Å²) < 4.78 is 10.4. The lowest BCUT2D eigenvalue weighted by molar-refractivity contribution is 0.187. The summed E-state index contributed by atoms with van der Waals surface area (Å²) in [5, 5.41) is 10.2. The van der Waals surface area contributed by atoms with Gasteiger partial charge in [0.2, 0.25) is 0 Å². The van der Waals surface area contributed by atoms with E-state index >= 15 is 0 Å².